The fraction of sp³-hybridized carbons (Fsp3) is 0.0833. The normalized spacial score (nSPS) is 9.47. The largest absolute Gasteiger partial charge is 0.264 e. The molecule has 0 aliphatic rings. The molecule has 2 aromatic heterocycles. The Morgan fingerprint density at radius 2 is 1.93 bits per heavy atom. The van der Waals surface area contributed by atoms with Gasteiger partial charge in [0.25, 0.3) is 0 Å². The van der Waals surface area contributed by atoms with Crippen molar-refractivity contribution in [2.75, 3.05) is 0 Å². The number of rotatable bonds is 1. The van der Waals surface area contributed by atoms with Crippen molar-refractivity contribution in [1.29, 1.82) is 5.26 Å². The third-order valence-corrected chi connectivity index (χ3v) is 2.17. The van der Waals surface area contributed by atoms with Gasteiger partial charge in [-0.3, -0.25) is 9.97 Å². The second kappa shape index (κ2) is 3.77. The Kier molecular flexibility index (Phi) is 2.31. The topological polar surface area (TPSA) is 49.6 Å². The molecule has 2 aromatic rings. The highest BCUT2D eigenvalue weighted by Gasteiger charge is 2.05. The van der Waals surface area contributed by atoms with Crippen LogP contribution in [0.4, 0.5) is 0 Å². The Hall–Kier alpha value is -2.39. The van der Waals surface area contributed by atoms with E-state index in [1.807, 2.05) is 0 Å². The van der Waals surface area contributed by atoms with Crippen LogP contribution < -0.4 is 0 Å². The van der Waals surface area contributed by atoms with Gasteiger partial charge in [0.1, 0.15) is 0 Å². The number of nitrogens with zero attached hydrogens (tertiary/aromatic N) is 3. The van der Waals surface area contributed by atoms with Gasteiger partial charge in [0, 0.05) is 35.6 Å². The van der Waals surface area contributed by atoms with Crippen molar-refractivity contribution >= 4 is 10.8 Å². The summed E-state index contributed by atoms with van der Waals surface area (Å²) < 4.78 is 0. The number of terminal acetylenes is 1. The molecule has 2 rings (SSSR count). The first-order chi connectivity index (χ1) is 7.36. The summed E-state index contributed by atoms with van der Waals surface area (Å²) in [6.45, 7) is 0. The zero-order chi connectivity index (χ0) is 10.7. The number of pyridine rings is 2. The van der Waals surface area contributed by atoms with Gasteiger partial charge in [0.2, 0.25) is 0 Å². The molecule has 0 unspecified atom stereocenters. The molecule has 0 bridgehead atoms. The average Bonchev–Trinajstić information content (AvgIpc) is 2.29. The van der Waals surface area contributed by atoms with Crippen molar-refractivity contribution < 1.29 is 0 Å². The molecule has 0 saturated heterocycles. The Morgan fingerprint density at radius 1 is 1.20 bits per heavy atom. The van der Waals surface area contributed by atoms with E-state index < -0.39 is 0 Å². The average molecular weight is 193 g/mol. The van der Waals surface area contributed by atoms with Crippen LogP contribution in [0.2, 0.25) is 0 Å². The van der Waals surface area contributed by atoms with Crippen LogP contribution in [-0.2, 0) is 6.42 Å². The van der Waals surface area contributed by atoms with Gasteiger partial charge in [-0.1, -0.05) is 5.92 Å². The molecule has 0 fully saturated rings. The van der Waals surface area contributed by atoms with E-state index in [0.29, 0.717) is 12.0 Å². The second-order valence-corrected chi connectivity index (χ2v) is 3.06. The Labute approximate surface area is 87.4 Å². The standard InChI is InChI=1S/C12H7N3/c1-2-9-5-14-7-11-8-15-6-10(3-4-13)12(9)11/h1,5-8H,3H2. The number of hydrogen-bond acceptors (Lipinski definition) is 3. The lowest BCUT2D eigenvalue weighted by atomic mass is 10.0. The maximum absolute atomic E-state index is 8.70. The lowest BCUT2D eigenvalue weighted by Gasteiger charge is -2.03. The summed E-state index contributed by atoms with van der Waals surface area (Å²) in [5.41, 5.74) is 1.56. The summed E-state index contributed by atoms with van der Waals surface area (Å²) in [5, 5.41) is 10.5. The van der Waals surface area contributed by atoms with Crippen LogP contribution in [0, 0.1) is 23.7 Å². The van der Waals surface area contributed by atoms with E-state index in [1.54, 1.807) is 24.8 Å². The van der Waals surface area contributed by atoms with Crippen molar-refractivity contribution in [3.8, 4) is 18.4 Å². The fourth-order valence-electron chi connectivity index (χ4n) is 1.53. The molecule has 0 amide bonds. The molecule has 0 saturated carbocycles. The van der Waals surface area contributed by atoms with Crippen molar-refractivity contribution in [3.63, 3.8) is 0 Å². The van der Waals surface area contributed by atoms with E-state index in [9.17, 15) is 0 Å². The smallest absolute Gasteiger partial charge is 0.0670 e. The van der Waals surface area contributed by atoms with Crippen molar-refractivity contribution in [1.82, 2.24) is 9.97 Å². The minimum atomic E-state index is 0.309. The lowest BCUT2D eigenvalue weighted by Crippen LogP contribution is -1.91. The predicted octanol–water partition coefficient (Wildman–Crippen LogP) is 1.68. The molecule has 3 heteroatoms. The molecule has 2 heterocycles. The molecule has 0 spiro atoms. The first-order valence-electron chi connectivity index (χ1n) is 4.41. The molecule has 0 atom stereocenters. The zero-order valence-corrected chi connectivity index (χ0v) is 7.94. The fourth-order valence-corrected chi connectivity index (χ4v) is 1.53. The Morgan fingerprint density at radius 3 is 2.60 bits per heavy atom. The second-order valence-electron chi connectivity index (χ2n) is 3.06. The molecular weight excluding hydrogens is 186 g/mol. The number of nitriles is 1. The summed E-state index contributed by atoms with van der Waals surface area (Å²) in [7, 11) is 0. The molecule has 70 valence electrons. The molecule has 0 radical (unpaired) electrons. The number of hydrogen-bond donors (Lipinski definition) is 0. The van der Waals surface area contributed by atoms with E-state index in [-0.39, 0.29) is 0 Å². The van der Waals surface area contributed by atoms with E-state index in [2.05, 4.69) is 22.0 Å². The highest BCUT2D eigenvalue weighted by atomic mass is 14.7. The molecule has 0 aliphatic heterocycles. The van der Waals surface area contributed by atoms with Gasteiger partial charge in [-0.2, -0.15) is 5.26 Å². The molecule has 0 N–H and O–H groups in total. The summed E-state index contributed by atoms with van der Waals surface area (Å²) in [6, 6.07) is 2.10. The van der Waals surface area contributed by atoms with Gasteiger partial charge in [-0.25, -0.2) is 0 Å². The van der Waals surface area contributed by atoms with Gasteiger partial charge in [0.15, 0.2) is 0 Å². The first-order valence-corrected chi connectivity index (χ1v) is 4.41. The molecule has 0 aromatic carbocycles. The highest BCUT2D eigenvalue weighted by Crippen LogP contribution is 2.20. The van der Waals surface area contributed by atoms with Gasteiger partial charge < -0.3 is 0 Å². The van der Waals surface area contributed by atoms with Gasteiger partial charge >= 0.3 is 0 Å². The van der Waals surface area contributed by atoms with Crippen LogP contribution >= 0.6 is 0 Å². The molecular formula is C12H7N3. The monoisotopic (exact) mass is 193 g/mol. The lowest BCUT2D eigenvalue weighted by molar-refractivity contribution is 1.21. The van der Waals surface area contributed by atoms with Crippen LogP contribution in [0.3, 0.4) is 0 Å². The molecule has 0 aliphatic carbocycles. The van der Waals surface area contributed by atoms with Crippen molar-refractivity contribution in [2.24, 2.45) is 0 Å². The van der Waals surface area contributed by atoms with E-state index in [4.69, 9.17) is 11.7 Å². The Balaban J connectivity index is 2.83. The van der Waals surface area contributed by atoms with Crippen LogP contribution in [0.5, 0.6) is 0 Å². The zero-order valence-electron chi connectivity index (χ0n) is 7.94. The first kappa shape index (κ1) is 9.18. The maximum Gasteiger partial charge on any atom is 0.0670 e. The predicted molar refractivity (Wildman–Crippen MR) is 56.8 cm³/mol. The van der Waals surface area contributed by atoms with Crippen LogP contribution in [0.25, 0.3) is 10.8 Å². The van der Waals surface area contributed by atoms with E-state index in [0.717, 1.165) is 16.3 Å². The SMILES string of the molecule is C#Cc1cncc2cncc(CC#N)c12. The Bertz CT molecular complexity index is 583. The van der Waals surface area contributed by atoms with Crippen LogP contribution in [-0.4, -0.2) is 9.97 Å². The van der Waals surface area contributed by atoms with E-state index in [1.165, 1.54) is 0 Å². The quantitative estimate of drug-likeness (QED) is 0.647. The van der Waals surface area contributed by atoms with E-state index >= 15 is 0 Å². The van der Waals surface area contributed by atoms with Gasteiger partial charge in [0.05, 0.1) is 18.1 Å². The van der Waals surface area contributed by atoms with Crippen molar-refractivity contribution in [2.45, 2.75) is 6.42 Å². The van der Waals surface area contributed by atoms with Crippen LogP contribution in [0.15, 0.2) is 24.8 Å². The maximum atomic E-state index is 8.70. The summed E-state index contributed by atoms with van der Waals surface area (Å²) >= 11 is 0. The van der Waals surface area contributed by atoms with Crippen LogP contribution in [0.1, 0.15) is 11.1 Å². The summed E-state index contributed by atoms with van der Waals surface area (Å²) in [4.78, 5) is 8.07. The summed E-state index contributed by atoms with van der Waals surface area (Å²) in [6.07, 6.45) is 12.4. The minimum absolute atomic E-state index is 0.309. The highest BCUT2D eigenvalue weighted by molar-refractivity contribution is 5.89. The third kappa shape index (κ3) is 1.51. The van der Waals surface area contributed by atoms with Gasteiger partial charge in [-0.05, 0) is 5.56 Å². The number of fused-ring (bicyclic) bond motifs is 1. The minimum Gasteiger partial charge on any atom is -0.264 e. The van der Waals surface area contributed by atoms with Crippen molar-refractivity contribution in [3.05, 3.63) is 35.9 Å². The molecule has 3 nitrogen and oxygen atoms in total. The van der Waals surface area contributed by atoms with Gasteiger partial charge in [-0.15, -0.1) is 6.42 Å². The summed E-state index contributed by atoms with van der Waals surface area (Å²) in [5.74, 6) is 2.57. The molecule has 15 heavy (non-hydrogen) atoms. The third-order valence-electron chi connectivity index (χ3n) is 2.17. The number of aromatic nitrogens is 2.